The minimum Gasteiger partial charge on any atom is -0.503 e. The van der Waals surface area contributed by atoms with E-state index in [9.17, 15) is 24.3 Å². The number of carbonyl (C=O) groups excluding carboxylic acids is 4. The van der Waals surface area contributed by atoms with E-state index in [0.29, 0.717) is 33.3 Å². The number of carbonyl (C=O) groups is 4. The van der Waals surface area contributed by atoms with E-state index in [1.54, 1.807) is 36.4 Å². The van der Waals surface area contributed by atoms with E-state index in [2.05, 4.69) is 31.9 Å². The number of ketones is 2. The second-order valence-electron chi connectivity index (χ2n) is 9.79. The molecule has 1 N–H and O–H groups in total. The van der Waals surface area contributed by atoms with Crippen molar-refractivity contribution in [2.45, 2.75) is 18.8 Å². The lowest BCUT2D eigenvalue weighted by Crippen LogP contribution is -2.39. The number of hydrogen-bond acceptors (Lipinski definition) is 6. The van der Waals surface area contributed by atoms with Gasteiger partial charge in [-0.25, -0.2) is 0 Å². The summed E-state index contributed by atoms with van der Waals surface area (Å²) < 4.78 is 5.91. The van der Waals surface area contributed by atoms with Crippen LogP contribution in [0.15, 0.2) is 80.3 Å². The monoisotopic (exact) mass is 637 g/mol. The van der Waals surface area contributed by atoms with Gasteiger partial charge in [-0.3, -0.25) is 24.1 Å². The highest BCUT2D eigenvalue weighted by atomic mass is 79.9. The zero-order valence-electron chi connectivity index (χ0n) is 20.1. The van der Waals surface area contributed by atoms with E-state index in [1.807, 2.05) is 12.1 Å². The van der Waals surface area contributed by atoms with Gasteiger partial charge in [-0.1, -0.05) is 29.8 Å². The van der Waals surface area contributed by atoms with Gasteiger partial charge in [0.15, 0.2) is 23.1 Å². The van der Waals surface area contributed by atoms with Crippen molar-refractivity contribution in [2.24, 2.45) is 17.8 Å². The summed E-state index contributed by atoms with van der Waals surface area (Å²) in [5.74, 6) is -3.30. The van der Waals surface area contributed by atoms with Crippen LogP contribution in [0.5, 0.6) is 11.5 Å². The maximum absolute atomic E-state index is 13.8. The summed E-state index contributed by atoms with van der Waals surface area (Å²) in [5, 5.41) is 10.4. The number of fused-ring (bicyclic) bond motifs is 3. The maximum Gasteiger partial charge on any atom is 0.238 e. The third kappa shape index (κ3) is 3.59. The molecule has 1 aliphatic heterocycles. The molecule has 7 nitrogen and oxygen atoms in total. The number of halogens is 2. The highest BCUT2D eigenvalue weighted by Gasteiger charge is 2.56. The number of ether oxygens (including phenoxy) is 1. The molecule has 0 bridgehead atoms. The first kappa shape index (κ1) is 25.0. The predicted octanol–water partition coefficient (Wildman–Crippen LogP) is 5.13. The third-order valence-electron chi connectivity index (χ3n) is 7.95. The Morgan fingerprint density at radius 2 is 1.74 bits per heavy atom. The number of phenolic OH excluding ortho intramolecular Hbond substituents is 1. The van der Waals surface area contributed by atoms with Gasteiger partial charge in [-0.05, 0) is 80.4 Å². The topological polar surface area (TPSA) is 101 Å². The highest BCUT2D eigenvalue weighted by molar-refractivity contribution is 9.12. The summed E-state index contributed by atoms with van der Waals surface area (Å²) in [6.07, 6.45) is 3.78. The molecule has 0 aromatic heterocycles. The number of hydrogen-bond donors (Lipinski definition) is 1. The molecule has 2 aromatic rings. The Balaban J connectivity index is 1.52. The van der Waals surface area contributed by atoms with Gasteiger partial charge in [0.1, 0.15) is 0 Å². The smallest absolute Gasteiger partial charge is 0.238 e. The molecule has 3 aliphatic carbocycles. The highest BCUT2D eigenvalue weighted by Crippen LogP contribution is 2.56. The number of amides is 2. The van der Waals surface area contributed by atoms with E-state index in [1.165, 1.54) is 18.1 Å². The van der Waals surface area contributed by atoms with Crippen molar-refractivity contribution in [2.75, 3.05) is 12.0 Å². The summed E-state index contributed by atoms with van der Waals surface area (Å²) in [6, 6.07) is 12.2. The molecule has 6 rings (SSSR count). The van der Waals surface area contributed by atoms with Crippen LogP contribution < -0.4 is 9.64 Å². The quantitative estimate of drug-likeness (QED) is 0.284. The van der Waals surface area contributed by atoms with Crippen LogP contribution in [0.4, 0.5) is 5.69 Å². The predicted molar refractivity (Wildman–Crippen MR) is 146 cm³/mol. The zero-order valence-corrected chi connectivity index (χ0v) is 23.3. The van der Waals surface area contributed by atoms with Gasteiger partial charge in [0, 0.05) is 23.1 Å². The van der Waals surface area contributed by atoms with Crippen LogP contribution in [-0.2, 0) is 19.2 Å². The van der Waals surface area contributed by atoms with Gasteiger partial charge in [-0.15, -0.1) is 0 Å². The lowest BCUT2D eigenvalue weighted by atomic mass is 9.59. The summed E-state index contributed by atoms with van der Waals surface area (Å²) >= 11 is 6.61. The van der Waals surface area contributed by atoms with Gasteiger partial charge in [0.05, 0.1) is 33.6 Å². The molecule has 1 fully saturated rings. The molecule has 4 atom stereocenters. The lowest BCUT2D eigenvalue weighted by molar-refractivity contribution is -0.123. The van der Waals surface area contributed by atoms with E-state index in [-0.39, 0.29) is 45.8 Å². The van der Waals surface area contributed by atoms with Crippen molar-refractivity contribution in [3.8, 4) is 11.5 Å². The van der Waals surface area contributed by atoms with Crippen LogP contribution in [-0.4, -0.2) is 35.6 Å². The Kier molecular flexibility index (Phi) is 6.03. The van der Waals surface area contributed by atoms with Crippen LogP contribution in [0.3, 0.4) is 0 Å². The lowest BCUT2D eigenvalue weighted by Gasteiger charge is -2.42. The maximum atomic E-state index is 13.8. The normalized spacial score (nSPS) is 26.6. The van der Waals surface area contributed by atoms with Crippen molar-refractivity contribution < 1.29 is 29.0 Å². The molecule has 2 aromatic carbocycles. The van der Waals surface area contributed by atoms with Gasteiger partial charge < -0.3 is 9.84 Å². The fourth-order valence-corrected chi connectivity index (χ4v) is 7.24. The summed E-state index contributed by atoms with van der Waals surface area (Å²) in [5.41, 5.74) is 2.69. The number of allylic oxidation sites excluding steroid dienone is 6. The fourth-order valence-electron chi connectivity index (χ4n) is 6.33. The number of phenols is 1. The van der Waals surface area contributed by atoms with Gasteiger partial charge in [0.2, 0.25) is 11.8 Å². The van der Waals surface area contributed by atoms with E-state index in [0.717, 1.165) is 5.57 Å². The Hall–Kier alpha value is -3.30. The summed E-state index contributed by atoms with van der Waals surface area (Å²) in [6.45, 7) is 0. The molecule has 4 unspecified atom stereocenters. The first-order chi connectivity index (χ1) is 18.2. The molecular weight excluding hydrogens is 618 g/mol. The van der Waals surface area contributed by atoms with Crippen LogP contribution in [0.1, 0.15) is 24.3 Å². The number of benzene rings is 2. The third-order valence-corrected chi connectivity index (χ3v) is 9.14. The molecule has 192 valence electrons. The minimum absolute atomic E-state index is 0.0840. The molecule has 1 saturated heterocycles. The Morgan fingerprint density at radius 3 is 2.45 bits per heavy atom. The molecule has 38 heavy (non-hydrogen) atoms. The summed E-state index contributed by atoms with van der Waals surface area (Å²) in [7, 11) is 1.43. The van der Waals surface area contributed by atoms with Crippen molar-refractivity contribution in [3.63, 3.8) is 0 Å². The second kappa shape index (κ2) is 9.17. The number of rotatable bonds is 3. The number of anilines is 1. The Bertz CT molecular complexity index is 1540. The van der Waals surface area contributed by atoms with Gasteiger partial charge in [0.25, 0.3) is 0 Å². The van der Waals surface area contributed by atoms with Crippen molar-refractivity contribution >= 4 is 60.9 Å². The first-order valence-electron chi connectivity index (χ1n) is 12.1. The average Bonchev–Trinajstić information content (AvgIpc) is 3.17. The molecule has 0 saturated carbocycles. The number of para-hydroxylation sites is 1. The van der Waals surface area contributed by atoms with Gasteiger partial charge >= 0.3 is 0 Å². The number of imide groups is 1. The molecule has 0 radical (unpaired) electrons. The molecule has 4 aliphatic rings. The minimum atomic E-state index is -0.658. The van der Waals surface area contributed by atoms with Crippen LogP contribution in [0.25, 0.3) is 0 Å². The fraction of sp³-hybridized carbons (Fsp3) is 0.241. The first-order valence-corrected chi connectivity index (χ1v) is 13.7. The number of Topliss-reactive ketones (excluding diaryl/α,β-unsaturated/α-hetero) is 1. The molecule has 1 heterocycles. The zero-order chi connectivity index (χ0) is 26.9. The number of methoxy groups -OCH3 is 1. The van der Waals surface area contributed by atoms with Crippen LogP contribution >= 0.6 is 31.9 Å². The average molecular weight is 639 g/mol. The Labute approximate surface area is 235 Å². The second-order valence-corrected chi connectivity index (χ2v) is 11.5. The molecule has 2 amide bonds. The van der Waals surface area contributed by atoms with Crippen molar-refractivity contribution in [1.29, 1.82) is 0 Å². The SMILES string of the molecule is COc1cc(C2C3=CCC4C(=O)N(c5ccccc5)C(=O)C4C3CC3=C2C(=O)C=C(Br)C3=O)cc(Br)c1O. The van der Waals surface area contributed by atoms with E-state index >= 15 is 0 Å². The molecular formula is C29H21Br2NO6. The molecule has 0 spiro atoms. The van der Waals surface area contributed by atoms with Crippen molar-refractivity contribution in [3.05, 3.63) is 85.9 Å². The van der Waals surface area contributed by atoms with Crippen molar-refractivity contribution in [1.82, 2.24) is 0 Å². The van der Waals surface area contributed by atoms with E-state index in [4.69, 9.17) is 4.74 Å². The Morgan fingerprint density at radius 1 is 1.00 bits per heavy atom. The van der Waals surface area contributed by atoms with Crippen LogP contribution in [0, 0.1) is 17.8 Å². The standard InChI is InChI=1S/C29H21Br2NO6/c1-38-22-10-13(9-19(30)27(22)35)23-15-7-8-16-24(29(37)32(28(16)36)14-5-3-2-4-6-14)17(15)11-18-25(23)21(33)12-20(31)26(18)34/h2-7,9-10,12,16-17,23-24,35H,8,11H2,1H3. The van der Waals surface area contributed by atoms with Crippen LogP contribution in [0.2, 0.25) is 0 Å². The molecule has 9 heteroatoms. The van der Waals surface area contributed by atoms with E-state index < -0.39 is 23.7 Å². The number of nitrogens with zero attached hydrogens (tertiary/aromatic N) is 1. The summed E-state index contributed by atoms with van der Waals surface area (Å²) in [4.78, 5) is 55.3. The number of aromatic hydroxyl groups is 1. The van der Waals surface area contributed by atoms with Gasteiger partial charge in [-0.2, -0.15) is 0 Å². The largest absolute Gasteiger partial charge is 0.503 e.